The van der Waals surface area contributed by atoms with Gasteiger partial charge in [0.15, 0.2) is 0 Å². The molecule has 0 fully saturated rings. The van der Waals surface area contributed by atoms with E-state index in [9.17, 15) is 18.0 Å². The van der Waals surface area contributed by atoms with Crippen molar-refractivity contribution in [2.24, 2.45) is 0 Å². The summed E-state index contributed by atoms with van der Waals surface area (Å²) in [6.45, 7) is 5.58. The second kappa shape index (κ2) is 12.2. The molecule has 186 valence electrons. The summed E-state index contributed by atoms with van der Waals surface area (Å²) >= 11 is 3.41. The summed E-state index contributed by atoms with van der Waals surface area (Å²) < 4.78 is 32.5. The first-order valence-corrected chi connectivity index (χ1v) is 13.6. The van der Waals surface area contributed by atoms with Gasteiger partial charge in [0.05, 0.1) is 19.1 Å². The molecule has 34 heavy (non-hydrogen) atoms. The van der Waals surface area contributed by atoms with E-state index >= 15 is 0 Å². The Balaban J connectivity index is 2.46. The van der Waals surface area contributed by atoms with Gasteiger partial charge in [-0.05, 0) is 61.7 Å². The molecule has 0 aliphatic carbocycles. The van der Waals surface area contributed by atoms with Crippen molar-refractivity contribution in [1.29, 1.82) is 0 Å². The molecule has 1 N–H and O–H groups in total. The number of nitrogens with zero attached hydrogens (tertiary/aromatic N) is 2. The lowest BCUT2D eigenvalue weighted by atomic mass is 10.1. The van der Waals surface area contributed by atoms with Gasteiger partial charge in [0.25, 0.3) is 0 Å². The van der Waals surface area contributed by atoms with E-state index in [1.54, 1.807) is 50.4 Å². The number of rotatable bonds is 11. The van der Waals surface area contributed by atoms with Crippen molar-refractivity contribution >= 4 is 43.5 Å². The van der Waals surface area contributed by atoms with Crippen molar-refractivity contribution in [3.63, 3.8) is 0 Å². The zero-order valence-corrected chi connectivity index (χ0v) is 22.6. The van der Waals surface area contributed by atoms with Gasteiger partial charge in [0, 0.05) is 17.6 Å². The normalized spacial score (nSPS) is 12.1. The third-order valence-corrected chi connectivity index (χ3v) is 7.36. The van der Waals surface area contributed by atoms with Crippen molar-refractivity contribution < 1.29 is 22.7 Å². The Bertz CT molecular complexity index is 1120. The van der Waals surface area contributed by atoms with Gasteiger partial charge in [-0.1, -0.05) is 35.0 Å². The fraction of sp³-hybridized carbons (Fsp3) is 0.417. The largest absolute Gasteiger partial charge is 0.497 e. The maximum absolute atomic E-state index is 13.6. The van der Waals surface area contributed by atoms with Crippen molar-refractivity contribution in [2.75, 3.05) is 30.8 Å². The number of aryl methyl sites for hydroxylation is 1. The Kier molecular flexibility index (Phi) is 9.93. The van der Waals surface area contributed by atoms with Crippen LogP contribution in [0.5, 0.6) is 5.75 Å². The number of hydrogen-bond donors (Lipinski definition) is 1. The molecule has 0 saturated heterocycles. The van der Waals surface area contributed by atoms with Gasteiger partial charge in [-0.15, -0.1) is 0 Å². The molecule has 0 heterocycles. The Morgan fingerprint density at radius 3 is 2.41 bits per heavy atom. The molecule has 0 spiro atoms. The molecule has 0 aliphatic heterocycles. The second-order valence-electron chi connectivity index (χ2n) is 7.89. The zero-order chi connectivity index (χ0) is 25.5. The highest BCUT2D eigenvalue weighted by Crippen LogP contribution is 2.25. The van der Waals surface area contributed by atoms with Crippen molar-refractivity contribution in [2.45, 2.75) is 39.8 Å². The van der Waals surface area contributed by atoms with Crippen LogP contribution in [0.2, 0.25) is 0 Å². The first-order chi connectivity index (χ1) is 16.0. The summed E-state index contributed by atoms with van der Waals surface area (Å²) in [6.07, 6.45) is 1.43. The van der Waals surface area contributed by atoms with E-state index in [1.165, 1.54) is 4.90 Å². The topological polar surface area (TPSA) is 96.0 Å². The molecule has 8 nitrogen and oxygen atoms in total. The highest BCUT2D eigenvalue weighted by atomic mass is 79.9. The minimum Gasteiger partial charge on any atom is -0.497 e. The number of anilines is 1. The number of nitrogens with one attached hydrogen (secondary N) is 1. The van der Waals surface area contributed by atoms with E-state index in [4.69, 9.17) is 4.74 Å². The van der Waals surface area contributed by atoms with E-state index in [2.05, 4.69) is 21.2 Å². The predicted octanol–water partition coefficient (Wildman–Crippen LogP) is 3.48. The molecular formula is C24H32BrN3O5S. The lowest BCUT2D eigenvalue weighted by Gasteiger charge is -2.33. The van der Waals surface area contributed by atoms with Crippen LogP contribution in [0, 0.1) is 6.92 Å². The number of benzene rings is 2. The molecule has 0 radical (unpaired) electrons. The standard InChI is InChI=1S/C24H32BrN3O5S/c1-6-22(24(30)26-7-2)27(15-18-9-8-10-20(14-18)33-4)23(29)16-28(34(5,31)32)19-11-12-21(25)17(3)13-19/h8-14,22H,6-7,15-16H2,1-5H3,(H,26,30). The summed E-state index contributed by atoms with van der Waals surface area (Å²) in [5, 5.41) is 2.77. The van der Waals surface area contributed by atoms with Gasteiger partial charge >= 0.3 is 0 Å². The van der Waals surface area contributed by atoms with E-state index in [1.807, 2.05) is 19.9 Å². The number of methoxy groups -OCH3 is 1. The van der Waals surface area contributed by atoms with Crippen LogP contribution in [-0.4, -0.2) is 57.6 Å². The van der Waals surface area contributed by atoms with Gasteiger partial charge in [-0.2, -0.15) is 0 Å². The predicted molar refractivity (Wildman–Crippen MR) is 137 cm³/mol. The smallest absolute Gasteiger partial charge is 0.244 e. The number of likely N-dealkylation sites (N-methyl/N-ethyl adjacent to an activating group) is 1. The van der Waals surface area contributed by atoms with Gasteiger partial charge < -0.3 is 15.0 Å². The molecule has 0 bridgehead atoms. The third-order valence-electron chi connectivity index (χ3n) is 5.33. The van der Waals surface area contributed by atoms with Crippen LogP contribution >= 0.6 is 15.9 Å². The van der Waals surface area contributed by atoms with E-state index < -0.39 is 28.5 Å². The number of ether oxygens (including phenoxy) is 1. The lowest BCUT2D eigenvalue weighted by Crippen LogP contribution is -2.52. The maximum Gasteiger partial charge on any atom is 0.244 e. The fourth-order valence-electron chi connectivity index (χ4n) is 3.58. The van der Waals surface area contributed by atoms with Crippen LogP contribution in [0.3, 0.4) is 0 Å². The number of sulfonamides is 1. The summed E-state index contributed by atoms with van der Waals surface area (Å²) in [5.41, 5.74) is 1.98. The van der Waals surface area contributed by atoms with Gasteiger partial charge in [0.2, 0.25) is 21.8 Å². The summed E-state index contributed by atoms with van der Waals surface area (Å²) in [7, 11) is -2.22. The fourth-order valence-corrected chi connectivity index (χ4v) is 4.66. The van der Waals surface area contributed by atoms with E-state index in [0.717, 1.165) is 26.2 Å². The van der Waals surface area contributed by atoms with Gasteiger partial charge in [-0.25, -0.2) is 8.42 Å². The Morgan fingerprint density at radius 1 is 1.15 bits per heavy atom. The van der Waals surface area contributed by atoms with E-state index in [-0.39, 0.29) is 12.5 Å². The number of carbonyl (C=O) groups is 2. The lowest BCUT2D eigenvalue weighted by molar-refractivity contribution is -0.140. The molecule has 1 atom stereocenters. The quantitative estimate of drug-likeness (QED) is 0.459. The monoisotopic (exact) mass is 553 g/mol. The molecule has 1 unspecified atom stereocenters. The highest BCUT2D eigenvalue weighted by molar-refractivity contribution is 9.10. The summed E-state index contributed by atoms with van der Waals surface area (Å²) in [6, 6.07) is 11.5. The molecule has 2 amide bonds. The van der Waals surface area contributed by atoms with Crippen molar-refractivity contribution in [3.05, 3.63) is 58.1 Å². The van der Waals surface area contributed by atoms with Gasteiger partial charge in [0.1, 0.15) is 18.3 Å². The first kappa shape index (κ1) is 27.7. The van der Waals surface area contributed by atoms with Gasteiger partial charge in [-0.3, -0.25) is 13.9 Å². The average Bonchev–Trinajstić information content (AvgIpc) is 2.78. The maximum atomic E-state index is 13.6. The molecule has 0 aromatic heterocycles. The van der Waals surface area contributed by atoms with Crippen molar-refractivity contribution in [3.8, 4) is 5.75 Å². The zero-order valence-electron chi connectivity index (χ0n) is 20.2. The first-order valence-electron chi connectivity index (χ1n) is 11.0. The summed E-state index contributed by atoms with van der Waals surface area (Å²) in [5.74, 6) is -0.141. The molecule has 0 aliphatic rings. The third kappa shape index (κ3) is 7.20. The summed E-state index contributed by atoms with van der Waals surface area (Å²) in [4.78, 5) is 27.8. The highest BCUT2D eigenvalue weighted by Gasteiger charge is 2.31. The Morgan fingerprint density at radius 2 is 1.85 bits per heavy atom. The van der Waals surface area contributed by atoms with E-state index in [0.29, 0.717) is 24.4 Å². The van der Waals surface area contributed by atoms with Crippen LogP contribution in [0.4, 0.5) is 5.69 Å². The molecular weight excluding hydrogens is 522 g/mol. The number of carbonyl (C=O) groups excluding carboxylic acids is 2. The second-order valence-corrected chi connectivity index (χ2v) is 10.7. The molecule has 2 rings (SSSR count). The number of amides is 2. The minimum atomic E-state index is -3.77. The molecule has 0 saturated carbocycles. The molecule has 2 aromatic carbocycles. The van der Waals surface area contributed by atoms with Crippen LogP contribution in [0.1, 0.15) is 31.4 Å². The molecule has 2 aromatic rings. The van der Waals surface area contributed by atoms with Crippen LogP contribution in [0.25, 0.3) is 0 Å². The number of halogens is 1. The SMILES string of the molecule is CCNC(=O)C(CC)N(Cc1cccc(OC)c1)C(=O)CN(c1ccc(Br)c(C)c1)S(C)(=O)=O. The molecule has 10 heteroatoms. The average molecular weight is 555 g/mol. The van der Waals surface area contributed by atoms with Crippen molar-refractivity contribution in [1.82, 2.24) is 10.2 Å². The van der Waals surface area contributed by atoms with Crippen LogP contribution < -0.4 is 14.4 Å². The number of hydrogen-bond acceptors (Lipinski definition) is 5. The Labute approximate surface area is 210 Å². The minimum absolute atomic E-state index is 0.128. The van der Waals surface area contributed by atoms with Crippen LogP contribution in [0.15, 0.2) is 46.9 Å². The van der Waals surface area contributed by atoms with Crippen LogP contribution in [-0.2, 0) is 26.2 Å². The Hall–Kier alpha value is -2.59.